The molecule has 0 fully saturated rings. The van der Waals surface area contributed by atoms with Gasteiger partial charge in [-0.2, -0.15) is 0 Å². The van der Waals surface area contributed by atoms with Gasteiger partial charge in [0.25, 0.3) is 0 Å². The second kappa shape index (κ2) is 2.88. The van der Waals surface area contributed by atoms with Crippen molar-refractivity contribution in [2.24, 2.45) is 11.3 Å². The van der Waals surface area contributed by atoms with Crippen LogP contribution in [0.2, 0.25) is 0 Å². The third-order valence-electron chi connectivity index (χ3n) is 1.38. The molecular formula is C9H14O. The van der Waals surface area contributed by atoms with Crippen LogP contribution in [0.4, 0.5) is 0 Å². The number of ketones is 1. The first-order valence-corrected chi connectivity index (χ1v) is 3.40. The highest BCUT2D eigenvalue weighted by Gasteiger charge is 2.24. The van der Waals surface area contributed by atoms with Crippen LogP contribution in [0.5, 0.6) is 0 Å². The molecule has 0 aromatic rings. The van der Waals surface area contributed by atoms with Gasteiger partial charge in [-0.3, -0.25) is 4.79 Å². The molecule has 0 bridgehead atoms. The zero-order valence-corrected chi connectivity index (χ0v) is 7.06. The molecule has 10 heavy (non-hydrogen) atoms. The lowest BCUT2D eigenvalue weighted by Gasteiger charge is -2.18. The Morgan fingerprint density at radius 2 is 1.90 bits per heavy atom. The van der Waals surface area contributed by atoms with Gasteiger partial charge in [0, 0.05) is 5.41 Å². The van der Waals surface area contributed by atoms with E-state index in [-0.39, 0.29) is 17.1 Å². The second-order valence-electron chi connectivity index (χ2n) is 3.50. The van der Waals surface area contributed by atoms with Gasteiger partial charge in [0.1, 0.15) is 0 Å². The molecule has 0 radical (unpaired) electrons. The summed E-state index contributed by atoms with van der Waals surface area (Å²) in [6, 6.07) is 0. The van der Waals surface area contributed by atoms with Crippen LogP contribution in [0.25, 0.3) is 0 Å². The molecule has 0 amide bonds. The average molecular weight is 138 g/mol. The normalized spacial score (nSPS) is 13.9. The minimum absolute atomic E-state index is 0.134. The van der Waals surface area contributed by atoms with Crippen molar-refractivity contribution in [3.05, 3.63) is 0 Å². The van der Waals surface area contributed by atoms with Crippen LogP contribution in [-0.4, -0.2) is 5.78 Å². The van der Waals surface area contributed by atoms with Gasteiger partial charge >= 0.3 is 0 Å². The third kappa shape index (κ3) is 2.23. The number of terminal acetylenes is 1. The molecule has 0 N–H and O–H groups in total. The first-order chi connectivity index (χ1) is 4.39. The van der Waals surface area contributed by atoms with E-state index in [4.69, 9.17) is 6.42 Å². The Bertz CT molecular complexity index is 166. The van der Waals surface area contributed by atoms with Crippen molar-refractivity contribution in [2.45, 2.75) is 27.7 Å². The van der Waals surface area contributed by atoms with Gasteiger partial charge in [0.2, 0.25) is 0 Å². The molecule has 0 aromatic carbocycles. The van der Waals surface area contributed by atoms with E-state index < -0.39 is 0 Å². The molecule has 0 aliphatic carbocycles. The van der Waals surface area contributed by atoms with Crippen LogP contribution in [0.15, 0.2) is 0 Å². The molecule has 1 nitrogen and oxygen atoms in total. The fourth-order valence-electron chi connectivity index (χ4n) is 0.725. The Morgan fingerprint density at radius 3 is 2.00 bits per heavy atom. The summed E-state index contributed by atoms with van der Waals surface area (Å²) in [7, 11) is 0. The van der Waals surface area contributed by atoms with Crippen LogP contribution in [0.3, 0.4) is 0 Å². The maximum absolute atomic E-state index is 11.3. The summed E-state index contributed by atoms with van der Waals surface area (Å²) in [5.74, 6) is 2.31. The Hall–Kier alpha value is -0.770. The SMILES string of the molecule is C#CC(C)C(=O)C(C)(C)C. The van der Waals surface area contributed by atoms with Crippen LogP contribution >= 0.6 is 0 Å². The fourth-order valence-corrected chi connectivity index (χ4v) is 0.725. The maximum Gasteiger partial charge on any atom is 0.152 e. The lowest BCUT2D eigenvalue weighted by molar-refractivity contribution is -0.128. The van der Waals surface area contributed by atoms with Crippen LogP contribution in [0.1, 0.15) is 27.7 Å². The average Bonchev–Trinajstić information content (AvgIpc) is 1.83. The smallest absolute Gasteiger partial charge is 0.152 e. The number of hydrogen-bond donors (Lipinski definition) is 0. The molecule has 0 heterocycles. The van der Waals surface area contributed by atoms with E-state index in [1.165, 1.54) is 0 Å². The van der Waals surface area contributed by atoms with Crippen molar-refractivity contribution in [3.63, 3.8) is 0 Å². The fraction of sp³-hybridized carbons (Fsp3) is 0.667. The van der Waals surface area contributed by atoms with Gasteiger partial charge in [-0.1, -0.05) is 26.7 Å². The topological polar surface area (TPSA) is 17.1 Å². The number of rotatable bonds is 1. The van der Waals surface area contributed by atoms with Gasteiger partial charge in [0.05, 0.1) is 5.92 Å². The summed E-state index contributed by atoms with van der Waals surface area (Å²) in [4.78, 5) is 11.3. The lowest BCUT2D eigenvalue weighted by atomic mass is 9.84. The van der Waals surface area contributed by atoms with E-state index in [0.717, 1.165) is 0 Å². The summed E-state index contributed by atoms with van der Waals surface area (Å²) in [6.45, 7) is 7.39. The zero-order chi connectivity index (χ0) is 8.36. The number of carbonyl (C=O) groups is 1. The molecule has 1 heteroatoms. The van der Waals surface area contributed by atoms with E-state index in [1.54, 1.807) is 6.92 Å². The molecular weight excluding hydrogens is 124 g/mol. The maximum atomic E-state index is 11.3. The molecule has 0 aromatic heterocycles. The summed E-state index contributed by atoms with van der Waals surface area (Å²) >= 11 is 0. The van der Waals surface area contributed by atoms with E-state index in [1.807, 2.05) is 20.8 Å². The quantitative estimate of drug-likeness (QED) is 0.505. The Morgan fingerprint density at radius 1 is 1.50 bits per heavy atom. The predicted molar refractivity (Wildman–Crippen MR) is 42.5 cm³/mol. The van der Waals surface area contributed by atoms with Crippen LogP contribution < -0.4 is 0 Å². The highest BCUT2D eigenvalue weighted by molar-refractivity contribution is 5.87. The lowest BCUT2D eigenvalue weighted by Crippen LogP contribution is -2.25. The van der Waals surface area contributed by atoms with Crippen molar-refractivity contribution >= 4 is 5.78 Å². The first kappa shape index (κ1) is 9.23. The summed E-state index contributed by atoms with van der Waals surface area (Å²) in [6.07, 6.45) is 5.10. The largest absolute Gasteiger partial charge is 0.298 e. The van der Waals surface area contributed by atoms with E-state index >= 15 is 0 Å². The van der Waals surface area contributed by atoms with E-state index in [9.17, 15) is 4.79 Å². The molecule has 0 spiro atoms. The highest BCUT2D eigenvalue weighted by Crippen LogP contribution is 2.19. The van der Waals surface area contributed by atoms with E-state index in [0.29, 0.717) is 0 Å². The summed E-state index contributed by atoms with van der Waals surface area (Å²) < 4.78 is 0. The van der Waals surface area contributed by atoms with Gasteiger partial charge in [-0.05, 0) is 6.92 Å². The molecule has 56 valence electrons. The Labute approximate surface area is 62.8 Å². The van der Waals surface area contributed by atoms with Crippen LogP contribution in [0, 0.1) is 23.7 Å². The van der Waals surface area contributed by atoms with E-state index in [2.05, 4.69) is 5.92 Å². The molecule has 1 atom stereocenters. The predicted octanol–water partition coefficient (Wildman–Crippen LogP) is 1.87. The molecule has 0 aliphatic rings. The van der Waals surface area contributed by atoms with Crippen molar-refractivity contribution in [1.29, 1.82) is 0 Å². The third-order valence-corrected chi connectivity index (χ3v) is 1.38. The molecule has 0 saturated carbocycles. The highest BCUT2D eigenvalue weighted by atomic mass is 16.1. The minimum Gasteiger partial charge on any atom is -0.298 e. The van der Waals surface area contributed by atoms with Crippen molar-refractivity contribution in [1.82, 2.24) is 0 Å². The monoisotopic (exact) mass is 138 g/mol. The van der Waals surface area contributed by atoms with Gasteiger partial charge in [-0.15, -0.1) is 6.42 Å². The van der Waals surface area contributed by atoms with Gasteiger partial charge in [0.15, 0.2) is 5.78 Å². The Kier molecular flexibility index (Phi) is 2.65. The summed E-state index contributed by atoms with van der Waals surface area (Å²) in [5.41, 5.74) is -0.300. The van der Waals surface area contributed by atoms with Crippen molar-refractivity contribution in [2.75, 3.05) is 0 Å². The second-order valence-corrected chi connectivity index (χ2v) is 3.50. The molecule has 0 aliphatic heterocycles. The van der Waals surface area contributed by atoms with Crippen LogP contribution in [-0.2, 0) is 4.79 Å². The summed E-state index contributed by atoms with van der Waals surface area (Å²) in [5, 5.41) is 0. The number of Topliss-reactive ketones (excluding diaryl/α,β-unsaturated/α-hetero) is 1. The van der Waals surface area contributed by atoms with Crippen molar-refractivity contribution in [3.8, 4) is 12.3 Å². The molecule has 1 unspecified atom stereocenters. The van der Waals surface area contributed by atoms with Gasteiger partial charge < -0.3 is 0 Å². The number of carbonyl (C=O) groups excluding carboxylic acids is 1. The zero-order valence-electron chi connectivity index (χ0n) is 7.06. The molecule has 0 rings (SSSR count). The Balaban J connectivity index is 4.27. The van der Waals surface area contributed by atoms with Crippen molar-refractivity contribution < 1.29 is 4.79 Å². The number of hydrogen-bond acceptors (Lipinski definition) is 1. The van der Waals surface area contributed by atoms with Gasteiger partial charge in [-0.25, -0.2) is 0 Å². The first-order valence-electron chi connectivity index (χ1n) is 3.40. The standard InChI is InChI=1S/C9H14O/c1-6-7(2)8(10)9(3,4)5/h1,7H,2-5H3. The minimum atomic E-state index is -0.300. The molecule has 0 saturated heterocycles.